The lowest BCUT2D eigenvalue weighted by Crippen LogP contribution is -2.50. The Balaban J connectivity index is 1.56. The summed E-state index contributed by atoms with van der Waals surface area (Å²) in [6.07, 6.45) is 3.50. The summed E-state index contributed by atoms with van der Waals surface area (Å²) >= 11 is 0. The van der Waals surface area contributed by atoms with Crippen LogP contribution < -0.4 is 10.2 Å². The highest BCUT2D eigenvalue weighted by molar-refractivity contribution is 6.03. The van der Waals surface area contributed by atoms with E-state index >= 15 is 0 Å². The number of likely N-dealkylation sites (tertiary alicyclic amines) is 1. The molecular weight excluding hydrogens is 314 g/mol. The molecule has 25 heavy (non-hydrogen) atoms. The molecule has 2 fully saturated rings. The quantitative estimate of drug-likeness (QED) is 0.893. The van der Waals surface area contributed by atoms with Crippen LogP contribution in [0.2, 0.25) is 0 Å². The molecule has 0 aromatic heterocycles. The van der Waals surface area contributed by atoms with Crippen LogP contribution in [0.1, 0.15) is 39.5 Å². The lowest BCUT2D eigenvalue weighted by molar-refractivity contribution is -0.124. The van der Waals surface area contributed by atoms with Crippen molar-refractivity contribution < 1.29 is 9.59 Å². The van der Waals surface area contributed by atoms with E-state index < -0.39 is 0 Å². The lowest BCUT2D eigenvalue weighted by Gasteiger charge is -2.35. The van der Waals surface area contributed by atoms with E-state index in [1.54, 1.807) is 4.90 Å². The molecule has 3 rings (SSSR count). The van der Waals surface area contributed by atoms with Gasteiger partial charge in [-0.3, -0.25) is 19.4 Å². The number of hydrogen-bond donors (Lipinski definition) is 1. The van der Waals surface area contributed by atoms with Crippen molar-refractivity contribution in [2.24, 2.45) is 5.92 Å². The van der Waals surface area contributed by atoms with Gasteiger partial charge in [0.15, 0.2) is 0 Å². The molecule has 2 saturated heterocycles. The van der Waals surface area contributed by atoms with E-state index in [4.69, 9.17) is 0 Å². The third kappa shape index (κ3) is 4.21. The Morgan fingerprint density at radius 3 is 2.56 bits per heavy atom. The summed E-state index contributed by atoms with van der Waals surface area (Å²) in [5.41, 5.74) is 0.809. The zero-order valence-electron chi connectivity index (χ0n) is 15.3. The molecule has 5 nitrogen and oxygen atoms in total. The predicted molar refractivity (Wildman–Crippen MR) is 99.4 cm³/mol. The summed E-state index contributed by atoms with van der Waals surface area (Å²) in [4.78, 5) is 29.0. The summed E-state index contributed by atoms with van der Waals surface area (Å²) in [5, 5.41) is 3.08. The maximum atomic E-state index is 12.7. The number of benzene rings is 1. The molecular formula is C20H29N3O2. The molecule has 0 radical (unpaired) electrons. The zero-order chi connectivity index (χ0) is 17.8. The predicted octanol–water partition coefficient (Wildman–Crippen LogP) is 2.42. The van der Waals surface area contributed by atoms with Crippen molar-refractivity contribution >= 4 is 17.5 Å². The van der Waals surface area contributed by atoms with Crippen LogP contribution in [0, 0.1) is 5.92 Å². The zero-order valence-corrected chi connectivity index (χ0v) is 15.3. The fourth-order valence-electron chi connectivity index (χ4n) is 3.81. The standard InChI is InChI=1S/C20H29N3O2/c1-15-10-12-22(13-11-15)16(2)14-21-20(25)18-8-9-19(24)23(18)17-6-4-3-5-7-17/h3-7,15-16,18H,8-14H2,1-2H3,(H,21,25). The molecule has 0 spiro atoms. The largest absolute Gasteiger partial charge is 0.353 e. The van der Waals surface area contributed by atoms with Gasteiger partial charge < -0.3 is 5.32 Å². The highest BCUT2D eigenvalue weighted by atomic mass is 16.2. The van der Waals surface area contributed by atoms with Crippen LogP contribution in [0.3, 0.4) is 0 Å². The van der Waals surface area contributed by atoms with Gasteiger partial charge in [-0.25, -0.2) is 0 Å². The maximum absolute atomic E-state index is 12.7. The van der Waals surface area contributed by atoms with Gasteiger partial charge in [-0.15, -0.1) is 0 Å². The second-order valence-corrected chi connectivity index (χ2v) is 7.47. The summed E-state index contributed by atoms with van der Waals surface area (Å²) in [7, 11) is 0. The van der Waals surface area contributed by atoms with Gasteiger partial charge in [0, 0.05) is 24.7 Å². The first kappa shape index (κ1) is 17.9. The summed E-state index contributed by atoms with van der Waals surface area (Å²) in [6.45, 7) is 7.33. The van der Waals surface area contributed by atoms with Crippen molar-refractivity contribution in [1.29, 1.82) is 0 Å². The number of nitrogens with zero attached hydrogens (tertiary/aromatic N) is 2. The van der Waals surface area contributed by atoms with Crippen LogP contribution in [0.25, 0.3) is 0 Å². The van der Waals surface area contributed by atoms with Crippen molar-refractivity contribution in [2.75, 3.05) is 24.5 Å². The Kier molecular flexibility index (Phi) is 5.74. The molecule has 2 aliphatic heterocycles. The van der Waals surface area contributed by atoms with Crippen LogP contribution in [0.4, 0.5) is 5.69 Å². The Bertz CT molecular complexity index is 596. The lowest BCUT2D eigenvalue weighted by atomic mass is 9.98. The van der Waals surface area contributed by atoms with E-state index in [1.165, 1.54) is 12.8 Å². The molecule has 2 unspecified atom stereocenters. The molecule has 5 heteroatoms. The SMILES string of the molecule is CC1CCN(C(C)CNC(=O)C2CCC(=O)N2c2ccccc2)CC1. The normalized spacial score (nSPS) is 23.7. The number of para-hydroxylation sites is 1. The van der Waals surface area contributed by atoms with E-state index in [0.29, 0.717) is 25.4 Å². The third-order valence-electron chi connectivity index (χ3n) is 5.56. The Morgan fingerprint density at radius 1 is 1.20 bits per heavy atom. The van der Waals surface area contributed by atoms with Crippen LogP contribution in [0.15, 0.2) is 30.3 Å². The molecule has 0 bridgehead atoms. The average molecular weight is 343 g/mol. The first-order valence-corrected chi connectivity index (χ1v) is 9.45. The minimum atomic E-state index is -0.386. The summed E-state index contributed by atoms with van der Waals surface area (Å²) < 4.78 is 0. The molecule has 1 aromatic carbocycles. The van der Waals surface area contributed by atoms with Crippen LogP contribution >= 0.6 is 0 Å². The fraction of sp³-hybridized carbons (Fsp3) is 0.600. The van der Waals surface area contributed by atoms with Gasteiger partial charge in [-0.2, -0.15) is 0 Å². The Labute approximate surface area is 150 Å². The monoisotopic (exact) mass is 343 g/mol. The summed E-state index contributed by atoms with van der Waals surface area (Å²) in [6, 6.07) is 9.44. The first-order valence-electron chi connectivity index (χ1n) is 9.45. The molecule has 2 atom stereocenters. The van der Waals surface area contributed by atoms with E-state index in [1.807, 2.05) is 30.3 Å². The second-order valence-electron chi connectivity index (χ2n) is 7.47. The molecule has 1 N–H and O–H groups in total. The van der Waals surface area contributed by atoms with Gasteiger partial charge in [0.25, 0.3) is 0 Å². The first-order chi connectivity index (χ1) is 12.1. The number of amides is 2. The van der Waals surface area contributed by atoms with Crippen LogP contribution in [0.5, 0.6) is 0 Å². The molecule has 2 amide bonds. The molecule has 136 valence electrons. The van der Waals surface area contributed by atoms with Gasteiger partial charge in [0.1, 0.15) is 6.04 Å². The van der Waals surface area contributed by atoms with Gasteiger partial charge in [0.2, 0.25) is 11.8 Å². The molecule has 1 aromatic rings. The van der Waals surface area contributed by atoms with E-state index in [9.17, 15) is 9.59 Å². The number of piperidine rings is 1. The number of nitrogens with one attached hydrogen (secondary N) is 1. The highest BCUT2D eigenvalue weighted by Gasteiger charge is 2.37. The van der Waals surface area contributed by atoms with Gasteiger partial charge in [-0.05, 0) is 57.3 Å². The smallest absolute Gasteiger partial charge is 0.243 e. The number of carbonyl (C=O) groups is 2. The van der Waals surface area contributed by atoms with Crippen molar-refractivity contribution in [2.45, 2.75) is 51.6 Å². The van der Waals surface area contributed by atoms with E-state index in [0.717, 1.165) is 24.7 Å². The molecule has 2 aliphatic rings. The van der Waals surface area contributed by atoms with E-state index in [-0.39, 0.29) is 17.9 Å². The molecule has 0 saturated carbocycles. The van der Waals surface area contributed by atoms with Gasteiger partial charge in [0.05, 0.1) is 0 Å². The average Bonchev–Trinajstić information content (AvgIpc) is 3.02. The van der Waals surface area contributed by atoms with Crippen molar-refractivity contribution in [1.82, 2.24) is 10.2 Å². The minimum absolute atomic E-state index is 0.0319. The Morgan fingerprint density at radius 2 is 1.88 bits per heavy atom. The highest BCUT2D eigenvalue weighted by Crippen LogP contribution is 2.26. The topological polar surface area (TPSA) is 52.7 Å². The van der Waals surface area contributed by atoms with Crippen molar-refractivity contribution in [3.8, 4) is 0 Å². The Hall–Kier alpha value is -1.88. The third-order valence-corrected chi connectivity index (χ3v) is 5.56. The molecule has 2 heterocycles. The maximum Gasteiger partial charge on any atom is 0.243 e. The number of rotatable bonds is 5. The van der Waals surface area contributed by atoms with Gasteiger partial charge >= 0.3 is 0 Å². The second kappa shape index (κ2) is 8.00. The van der Waals surface area contributed by atoms with Crippen LogP contribution in [-0.4, -0.2) is 48.4 Å². The van der Waals surface area contributed by atoms with E-state index in [2.05, 4.69) is 24.1 Å². The molecule has 0 aliphatic carbocycles. The van der Waals surface area contributed by atoms with Crippen molar-refractivity contribution in [3.05, 3.63) is 30.3 Å². The fourth-order valence-corrected chi connectivity index (χ4v) is 3.81. The number of hydrogen-bond acceptors (Lipinski definition) is 3. The minimum Gasteiger partial charge on any atom is -0.353 e. The number of carbonyl (C=O) groups excluding carboxylic acids is 2. The van der Waals surface area contributed by atoms with Crippen molar-refractivity contribution in [3.63, 3.8) is 0 Å². The van der Waals surface area contributed by atoms with Crippen LogP contribution in [-0.2, 0) is 9.59 Å². The number of anilines is 1. The van der Waals surface area contributed by atoms with Gasteiger partial charge in [-0.1, -0.05) is 25.1 Å². The summed E-state index contributed by atoms with van der Waals surface area (Å²) in [5.74, 6) is 0.804.